The van der Waals surface area contributed by atoms with E-state index < -0.39 is 0 Å². The third kappa shape index (κ3) is 2.45. The largest absolute Gasteiger partial charge is 0.396 e. The van der Waals surface area contributed by atoms with E-state index in [4.69, 9.17) is 0 Å². The summed E-state index contributed by atoms with van der Waals surface area (Å²) < 4.78 is 0. The first-order valence-electron chi connectivity index (χ1n) is 6.84. The summed E-state index contributed by atoms with van der Waals surface area (Å²) in [6.45, 7) is -0.0766. The van der Waals surface area contributed by atoms with Gasteiger partial charge in [0.05, 0.1) is 17.7 Å². The lowest BCUT2D eigenvalue weighted by molar-refractivity contribution is 0.0879. The van der Waals surface area contributed by atoms with Gasteiger partial charge in [-0.25, -0.2) is 0 Å². The molecular weight excluding hydrogens is 266 g/mol. The van der Waals surface area contributed by atoms with Gasteiger partial charge in [-0.05, 0) is 23.6 Å². The minimum absolute atomic E-state index is 0.0766. The summed E-state index contributed by atoms with van der Waals surface area (Å²) in [6, 6.07) is 15.0. The molecule has 0 radical (unpaired) electrons. The van der Waals surface area contributed by atoms with Gasteiger partial charge in [0.1, 0.15) is 0 Å². The van der Waals surface area contributed by atoms with Crippen molar-refractivity contribution in [1.82, 2.24) is 5.32 Å². The maximum atomic E-state index is 12.0. The highest BCUT2D eigenvalue weighted by molar-refractivity contribution is 6.22. The Balaban J connectivity index is 1.99. The zero-order valence-corrected chi connectivity index (χ0v) is 11.4. The Labute approximate surface area is 122 Å². The van der Waals surface area contributed by atoms with Crippen molar-refractivity contribution in [3.63, 3.8) is 0 Å². The Morgan fingerprint density at radius 3 is 2.43 bits per heavy atom. The fourth-order valence-electron chi connectivity index (χ4n) is 2.76. The van der Waals surface area contributed by atoms with Crippen LogP contribution >= 0.6 is 0 Å². The Bertz CT molecular complexity index is 694. The molecule has 4 nitrogen and oxygen atoms in total. The lowest BCUT2D eigenvalue weighted by Gasteiger charge is -2.17. The molecule has 1 heterocycles. The fourth-order valence-corrected chi connectivity index (χ4v) is 2.76. The summed E-state index contributed by atoms with van der Waals surface area (Å²) in [7, 11) is 0. The second-order valence-electron chi connectivity index (χ2n) is 5.12. The number of hydrogen-bond acceptors (Lipinski definition) is 3. The van der Waals surface area contributed by atoms with Gasteiger partial charge in [-0.15, -0.1) is 0 Å². The van der Waals surface area contributed by atoms with Gasteiger partial charge >= 0.3 is 0 Å². The van der Waals surface area contributed by atoms with Gasteiger partial charge in [0.2, 0.25) is 0 Å². The average Bonchev–Trinajstić information content (AvgIpc) is 2.81. The lowest BCUT2D eigenvalue weighted by Crippen LogP contribution is -2.21. The molecule has 0 aliphatic carbocycles. The van der Waals surface area contributed by atoms with E-state index in [0.29, 0.717) is 17.5 Å². The van der Waals surface area contributed by atoms with Crippen LogP contribution in [0.1, 0.15) is 37.8 Å². The fraction of sp³-hybridized carbons (Fsp3) is 0.176. The number of aliphatic hydroxyl groups excluding tert-OH is 1. The number of fused-ring (bicyclic) bond motifs is 1. The van der Waals surface area contributed by atoms with Crippen molar-refractivity contribution in [2.45, 2.75) is 12.3 Å². The molecule has 0 unspecified atom stereocenters. The number of carbonyl (C=O) groups excluding carboxylic acids is 2. The number of carbonyl (C=O) groups is 2. The van der Waals surface area contributed by atoms with E-state index in [1.165, 1.54) is 0 Å². The Morgan fingerprint density at radius 1 is 0.952 bits per heavy atom. The molecule has 0 bridgehead atoms. The predicted molar refractivity (Wildman–Crippen MR) is 78.2 cm³/mol. The van der Waals surface area contributed by atoms with Crippen molar-refractivity contribution in [1.29, 1.82) is 0 Å². The minimum Gasteiger partial charge on any atom is -0.396 e. The maximum Gasteiger partial charge on any atom is 0.259 e. The standard InChI is InChI=1S/C17H15NO3/c19-10-12(9-11-5-2-1-3-6-11)13-7-4-8-14-15(13)17(21)18-16(14)20/h1-8,12,19H,9-10H2,(H,18,20,21)/t12-/m1/s1. The molecule has 2 aromatic rings. The van der Waals surface area contributed by atoms with Gasteiger partial charge in [-0.3, -0.25) is 14.9 Å². The number of benzene rings is 2. The summed E-state index contributed by atoms with van der Waals surface area (Å²) >= 11 is 0. The van der Waals surface area contributed by atoms with E-state index in [0.717, 1.165) is 11.1 Å². The number of aliphatic hydroxyl groups is 1. The van der Waals surface area contributed by atoms with Gasteiger partial charge in [0.15, 0.2) is 0 Å². The molecule has 4 heteroatoms. The SMILES string of the molecule is O=C1NC(=O)c2c1cccc2[C@@H](CO)Cc1ccccc1. The van der Waals surface area contributed by atoms with Crippen LogP contribution in [-0.2, 0) is 6.42 Å². The highest BCUT2D eigenvalue weighted by Gasteiger charge is 2.31. The van der Waals surface area contributed by atoms with Gasteiger partial charge in [0.25, 0.3) is 11.8 Å². The van der Waals surface area contributed by atoms with E-state index in [1.54, 1.807) is 18.2 Å². The van der Waals surface area contributed by atoms with Crippen LogP contribution in [0.2, 0.25) is 0 Å². The molecule has 21 heavy (non-hydrogen) atoms. The molecule has 0 aromatic heterocycles. The topological polar surface area (TPSA) is 66.4 Å². The molecule has 2 amide bonds. The molecule has 0 saturated heterocycles. The molecule has 1 atom stereocenters. The van der Waals surface area contributed by atoms with Crippen LogP contribution in [0.4, 0.5) is 0 Å². The lowest BCUT2D eigenvalue weighted by atomic mass is 9.88. The van der Waals surface area contributed by atoms with E-state index >= 15 is 0 Å². The van der Waals surface area contributed by atoms with Crippen LogP contribution in [0.3, 0.4) is 0 Å². The van der Waals surface area contributed by atoms with Crippen molar-refractivity contribution >= 4 is 11.8 Å². The molecule has 0 saturated carbocycles. The number of rotatable bonds is 4. The third-order valence-electron chi connectivity index (χ3n) is 3.78. The molecule has 1 aliphatic rings. The van der Waals surface area contributed by atoms with Crippen LogP contribution < -0.4 is 5.32 Å². The Morgan fingerprint density at radius 2 is 1.71 bits per heavy atom. The zero-order chi connectivity index (χ0) is 14.8. The third-order valence-corrected chi connectivity index (χ3v) is 3.78. The van der Waals surface area contributed by atoms with Crippen molar-refractivity contribution < 1.29 is 14.7 Å². The summed E-state index contributed by atoms with van der Waals surface area (Å²) in [5, 5.41) is 12.0. The molecule has 2 aromatic carbocycles. The summed E-state index contributed by atoms with van der Waals surface area (Å²) in [5.74, 6) is -0.954. The monoisotopic (exact) mass is 281 g/mol. The molecule has 3 rings (SSSR count). The van der Waals surface area contributed by atoms with Crippen LogP contribution in [0.15, 0.2) is 48.5 Å². The first-order valence-corrected chi connectivity index (χ1v) is 6.84. The molecule has 1 aliphatic heterocycles. The van der Waals surface area contributed by atoms with Crippen LogP contribution in [0.25, 0.3) is 0 Å². The van der Waals surface area contributed by atoms with Crippen molar-refractivity contribution in [3.05, 3.63) is 70.8 Å². The molecule has 0 spiro atoms. The van der Waals surface area contributed by atoms with Crippen LogP contribution in [0, 0.1) is 0 Å². The first-order chi connectivity index (χ1) is 10.2. The van der Waals surface area contributed by atoms with Crippen molar-refractivity contribution in [2.24, 2.45) is 0 Å². The number of imide groups is 1. The number of amides is 2. The molecular formula is C17H15NO3. The van der Waals surface area contributed by atoms with Gasteiger partial charge in [0, 0.05) is 5.92 Å². The Kier molecular flexibility index (Phi) is 3.54. The zero-order valence-electron chi connectivity index (χ0n) is 11.4. The summed E-state index contributed by atoms with van der Waals surface area (Å²) in [5.41, 5.74) is 2.60. The second kappa shape index (κ2) is 5.50. The first kappa shape index (κ1) is 13.5. The Hall–Kier alpha value is -2.46. The maximum absolute atomic E-state index is 12.0. The van der Waals surface area contributed by atoms with E-state index in [2.05, 4.69) is 5.32 Å². The van der Waals surface area contributed by atoms with Gasteiger partial charge in [-0.1, -0.05) is 42.5 Å². The predicted octanol–water partition coefficient (Wildman–Crippen LogP) is 1.89. The minimum atomic E-state index is -0.378. The molecule has 0 fully saturated rings. The quantitative estimate of drug-likeness (QED) is 0.841. The number of hydrogen-bond donors (Lipinski definition) is 2. The van der Waals surface area contributed by atoms with E-state index in [1.807, 2.05) is 30.3 Å². The van der Waals surface area contributed by atoms with Crippen molar-refractivity contribution in [2.75, 3.05) is 6.61 Å². The van der Waals surface area contributed by atoms with Crippen LogP contribution in [0.5, 0.6) is 0 Å². The highest BCUT2D eigenvalue weighted by Crippen LogP contribution is 2.28. The molecule has 2 N–H and O–H groups in total. The van der Waals surface area contributed by atoms with E-state index in [9.17, 15) is 14.7 Å². The highest BCUT2D eigenvalue weighted by atomic mass is 16.3. The smallest absolute Gasteiger partial charge is 0.259 e. The summed E-state index contributed by atoms with van der Waals surface area (Å²) in [6.07, 6.45) is 0.620. The number of nitrogens with one attached hydrogen (secondary N) is 1. The van der Waals surface area contributed by atoms with Gasteiger partial charge in [-0.2, -0.15) is 0 Å². The van der Waals surface area contributed by atoms with E-state index in [-0.39, 0.29) is 24.3 Å². The van der Waals surface area contributed by atoms with Gasteiger partial charge < -0.3 is 5.11 Å². The summed E-state index contributed by atoms with van der Waals surface area (Å²) in [4.78, 5) is 23.7. The van der Waals surface area contributed by atoms with Crippen molar-refractivity contribution in [3.8, 4) is 0 Å². The molecule has 106 valence electrons. The van der Waals surface area contributed by atoms with Crippen LogP contribution in [-0.4, -0.2) is 23.5 Å². The average molecular weight is 281 g/mol. The second-order valence-corrected chi connectivity index (χ2v) is 5.12. The normalized spacial score (nSPS) is 14.7.